The van der Waals surface area contributed by atoms with Crippen LogP contribution in [0.3, 0.4) is 0 Å². The Bertz CT molecular complexity index is 310. The molecule has 84 valence electrons. The third kappa shape index (κ3) is 3.96. The van der Waals surface area contributed by atoms with Crippen molar-refractivity contribution in [3.63, 3.8) is 0 Å². The Hall–Kier alpha value is -0.960. The molecule has 0 aliphatic carbocycles. The minimum absolute atomic E-state index is 0.436. The van der Waals surface area contributed by atoms with Gasteiger partial charge in [-0.15, -0.1) is 0 Å². The summed E-state index contributed by atoms with van der Waals surface area (Å²) in [5, 5.41) is 3.19. The van der Waals surface area contributed by atoms with Crippen molar-refractivity contribution in [3.8, 4) is 0 Å². The second kappa shape index (κ2) is 5.81. The highest BCUT2D eigenvalue weighted by Gasteiger charge is 2.06. The molecule has 0 fully saturated rings. The highest BCUT2D eigenvalue weighted by Crippen LogP contribution is 2.11. The van der Waals surface area contributed by atoms with Gasteiger partial charge in [-0.2, -0.15) is 0 Å². The van der Waals surface area contributed by atoms with Gasteiger partial charge >= 0.3 is 0 Å². The summed E-state index contributed by atoms with van der Waals surface area (Å²) in [5.41, 5.74) is 0.436. The van der Waals surface area contributed by atoms with Gasteiger partial charge in [-0.3, -0.25) is 0 Å². The number of benzene rings is 1. The first-order valence-corrected chi connectivity index (χ1v) is 5.25. The fourth-order valence-electron chi connectivity index (χ4n) is 1.36. The normalized spacial score (nSPS) is 11.0. The molecule has 0 amide bonds. The number of hydrogen-bond acceptors (Lipinski definition) is 1. The Labute approximate surface area is 89.5 Å². The van der Waals surface area contributed by atoms with Crippen molar-refractivity contribution in [1.29, 1.82) is 0 Å². The first kappa shape index (κ1) is 12.1. The lowest BCUT2D eigenvalue weighted by molar-refractivity contribution is 0.493. The Balaban J connectivity index is 2.41. The van der Waals surface area contributed by atoms with E-state index < -0.39 is 11.6 Å². The van der Waals surface area contributed by atoms with E-state index in [0.717, 1.165) is 12.6 Å². The van der Waals surface area contributed by atoms with E-state index in [2.05, 4.69) is 19.2 Å². The maximum atomic E-state index is 13.2. The minimum atomic E-state index is -0.767. The molecular formula is C12H17F2N. The number of hydrogen-bond donors (Lipinski definition) is 1. The first-order chi connectivity index (χ1) is 7.11. The van der Waals surface area contributed by atoms with Crippen molar-refractivity contribution in [3.05, 3.63) is 35.4 Å². The fraction of sp³-hybridized carbons (Fsp3) is 0.500. The largest absolute Gasteiger partial charge is 0.316 e. The molecule has 1 nitrogen and oxygen atoms in total. The van der Waals surface area contributed by atoms with Gasteiger partial charge in [0.1, 0.15) is 0 Å². The van der Waals surface area contributed by atoms with Gasteiger partial charge < -0.3 is 5.32 Å². The number of rotatable bonds is 5. The molecule has 0 heterocycles. The molecule has 0 aromatic heterocycles. The van der Waals surface area contributed by atoms with Crippen LogP contribution in [0.1, 0.15) is 19.4 Å². The Morgan fingerprint density at radius 2 is 2.00 bits per heavy atom. The molecule has 0 aliphatic rings. The fourth-order valence-corrected chi connectivity index (χ4v) is 1.36. The van der Waals surface area contributed by atoms with Crippen LogP contribution in [0.2, 0.25) is 0 Å². The summed E-state index contributed by atoms with van der Waals surface area (Å²) >= 11 is 0. The molecule has 1 aromatic rings. The van der Waals surface area contributed by atoms with E-state index >= 15 is 0 Å². The van der Waals surface area contributed by atoms with Gasteiger partial charge in [-0.1, -0.05) is 26.0 Å². The highest BCUT2D eigenvalue weighted by atomic mass is 19.2. The molecule has 1 rings (SSSR count). The maximum Gasteiger partial charge on any atom is 0.162 e. The zero-order valence-corrected chi connectivity index (χ0v) is 9.19. The zero-order chi connectivity index (χ0) is 11.3. The van der Waals surface area contributed by atoms with E-state index in [1.165, 1.54) is 6.07 Å². The van der Waals surface area contributed by atoms with Crippen LogP contribution >= 0.6 is 0 Å². The average molecular weight is 213 g/mol. The van der Waals surface area contributed by atoms with Gasteiger partial charge in [0.15, 0.2) is 11.6 Å². The quantitative estimate of drug-likeness (QED) is 0.742. The summed E-state index contributed by atoms with van der Waals surface area (Å²) < 4.78 is 26.0. The van der Waals surface area contributed by atoms with Crippen LogP contribution in [0.4, 0.5) is 8.78 Å². The molecule has 0 atom stereocenters. The van der Waals surface area contributed by atoms with E-state index in [-0.39, 0.29) is 0 Å². The summed E-state index contributed by atoms with van der Waals surface area (Å²) in [6.07, 6.45) is 0.524. The van der Waals surface area contributed by atoms with Crippen molar-refractivity contribution in [1.82, 2.24) is 5.32 Å². The van der Waals surface area contributed by atoms with Crippen molar-refractivity contribution in [2.75, 3.05) is 13.1 Å². The molecule has 1 aromatic carbocycles. The van der Waals surface area contributed by atoms with Crippen LogP contribution < -0.4 is 5.32 Å². The maximum absolute atomic E-state index is 13.2. The molecule has 0 saturated carbocycles. The van der Waals surface area contributed by atoms with Crippen LogP contribution in [0.15, 0.2) is 18.2 Å². The third-order valence-corrected chi connectivity index (χ3v) is 2.16. The standard InChI is InChI=1S/C12H17F2N/c1-9(2)8-15-7-6-10-4-3-5-11(13)12(10)14/h3-5,9,15H,6-8H2,1-2H3. The molecule has 0 spiro atoms. The zero-order valence-electron chi connectivity index (χ0n) is 9.19. The van der Waals surface area contributed by atoms with Crippen molar-refractivity contribution < 1.29 is 8.78 Å². The Morgan fingerprint density at radius 1 is 1.27 bits per heavy atom. The summed E-state index contributed by atoms with van der Waals surface area (Å²) in [5.74, 6) is -0.914. The van der Waals surface area contributed by atoms with Crippen LogP contribution in [-0.2, 0) is 6.42 Å². The molecule has 3 heteroatoms. The summed E-state index contributed by atoms with van der Waals surface area (Å²) in [7, 11) is 0. The average Bonchev–Trinajstić information content (AvgIpc) is 2.18. The van der Waals surface area contributed by atoms with E-state index in [9.17, 15) is 8.78 Å². The van der Waals surface area contributed by atoms with E-state index in [1.54, 1.807) is 6.07 Å². The molecule has 0 saturated heterocycles. The predicted molar refractivity (Wildman–Crippen MR) is 57.8 cm³/mol. The number of halogens is 2. The van der Waals surface area contributed by atoms with Crippen molar-refractivity contribution >= 4 is 0 Å². The third-order valence-electron chi connectivity index (χ3n) is 2.16. The van der Waals surface area contributed by atoms with Gasteiger partial charge in [-0.05, 0) is 37.1 Å². The second-order valence-electron chi connectivity index (χ2n) is 4.06. The topological polar surface area (TPSA) is 12.0 Å². The Morgan fingerprint density at radius 3 is 2.67 bits per heavy atom. The lowest BCUT2D eigenvalue weighted by atomic mass is 10.1. The lowest BCUT2D eigenvalue weighted by Crippen LogP contribution is -2.22. The molecule has 0 radical (unpaired) electrons. The van der Waals surface area contributed by atoms with Gasteiger partial charge in [0.25, 0.3) is 0 Å². The van der Waals surface area contributed by atoms with Crippen LogP contribution in [0, 0.1) is 17.6 Å². The van der Waals surface area contributed by atoms with Crippen LogP contribution in [0.5, 0.6) is 0 Å². The van der Waals surface area contributed by atoms with Gasteiger partial charge in [0.2, 0.25) is 0 Å². The minimum Gasteiger partial charge on any atom is -0.316 e. The SMILES string of the molecule is CC(C)CNCCc1cccc(F)c1F. The highest BCUT2D eigenvalue weighted by molar-refractivity contribution is 5.19. The monoisotopic (exact) mass is 213 g/mol. The second-order valence-corrected chi connectivity index (χ2v) is 4.06. The first-order valence-electron chi connectivity index (χ1n) is 5.25. The summed E-state index contributed by atoms with van der Waals surface area (Å²) in [6.45, 7) is 5.79. The van der Waals surface area contributed by atoms with E-state index in [0.29, 0.717) is 24.4 Å². The molecule has 0 unspecified atom stereocenters. The van der Waals surface area contributed by atoms with Crippen molar-refractivity contribution in [2.45, 2.75) is 20.3 Å². The van der Waals surface area contributed by atoms with Gasteiger partial charge in [-0.25, -0.2) is 8.78 Å². The van der Waals surface area contributed by atoms with Gasteiger partial charge in [0, 0.05) is 0 Å². The van der Waals surface area contributed by atoms with Crippen molar-refractivity contribution in [2.24, 2.45) is 5.92 Å². The van der Waals surface area contributed by atoms with E-state index in [1.807, 2.05) is 0 Å². The number of nitrogens with one attached hydrogen (secondary N) is 1. The van der Waals surface area contributed by atoms with Crippen LogP contribution in [-0.4, -0.2) is 13.1 Å². The molecule has 0 aliphatic heterocycles. The molecule has 1 N–H and O–H groups in total. The summed E-state index contributed by atoms with van der Waals surface area (Å²) in [4.78, 5) is 0. The smallest absolute Gasteiger partial charge is 0.162 e. The predicted octanol–water partition coefficient (Wildman–Crippen LogP) is 2.75. The molecular weight excluding hydrogens is 196 g/mol. The Kier molecular flexibility index (Phi) is 4.69. The van der Waals surface area contributed by atoms with E-state index in [4.69, 9.17) is 0 Å². The van der Waals surface area contributed by atoms with Gasteiger partial charge in [0.05, 0.1) is 0 Å². The molecule has 15 heavy (non-hydrogen) atoms. The summed E-state index contributed by atoms with van der Waals surface area (Å²) in [6, 6.07) is 4.30. The molecule has 0 bridgehead atoms. The lowest BCUT2D eigenvalue weighted by Gasteiger charge is -2.07. The van der Waals surface area contributed by atoms with Crippen LogP contribution in [0.25, 0.3) is 0 Å².